The van der Waals surface area contributed by atoms with E-state index in [9.17, 15) is 0 Å². The molecule has 0 unspecified atom stereocenters. The highest BCUT2D eigenvalue weighted by molar-refractivity contribution is 6.30. The molecule has 2 N–H and O–H groups in total. The Morgan fingerprint density at radius 1 is 1.47 bits per heavy atom. The lowest BCUT2D eigenvalue weighted by Gasteiger charge is -2.11. The lowest BCUT2D eigenvalue weighted by molar-refractivity contribution is 0.319. The lowest BCUT2D eigenvalue weighted by atomic mass is 10.2. The second-order valence-corrected chi connectivity index (χ2v) is 4.08. The highest BCUT2D eigenvalue weighted by Crippen LogP contribution is 2.28. The molecule has 0 aliphatic rings. The van der Waals surface area contributed by atoms with Crippen molar-refractivity contribution in [1.29, 1.82) is 0 Å². The van der Waals surface area contributed by atoms with Gasteiger partial charge in [0, 0.05) is 6.20 Å². The highest BCUT2D eigenvalue weighted by atomic mass is 35.5. The maximum absolute atomic E-state index is 6.04. The summed E-state index contributed by atoms with van der Waals surface area (Å²) in [5, 5.41) is 4.69. The van der Waals surface area contributed by atoms with Crippen molar-refractivity contribution in [2.75, 3.05) is 12.3 Å². The van der Waals surface area contributed by atoms with Crippen LogP contribution in [-0.4, -0.2) is 16.4 Å². The van der Waals surface area contributed by atoms with Crippen LogP contribution in [0.1, 0.15) is 13.3 Å². The Bertz CT molecular complexity index is 510. The minimum atomic E-state index is 0.570. The minimum absolute atomic E-state index is 0.570. The van der Waals surface area contributed by atoms with Crippen LogP contribution in [-0.2, 0) is 0 Å². The molecule has 17 heavy (non-hydrogen) atoms. The van der Waals surface area contributed by atoms with E-state index in [0.717, 1.165) is 12.1 Å². The fourth-order valence-corrected chi connectivity index (χ4v) is 1.64. The van der Waals surface area contributed by atoms with Crippen LogP contribution >= 0.6 is 11.6 Å². The highest BCUT2D eigenvalue weighted by Gasteiger charge is 2.08. The molecule has 4 nitrogen and oxygen atoms in total. The Morgan fingerprint density at radius 2 is 2.29 bits per heavy atom. The summed E-state index contributed by atoms with van der Waals surface area (Å²) in [6, 6.07) is 5.60. The fourth-order valence-electron chi connectivity index (χ4n) is 1.50. The van der Waals surface area contributed by atoms with Crippen molar-refractivity contribution in [1.82, 2.24) is 9.78 Å². The maximum atomic E-state index is 6.04. The largest absolute Gasteiger partial charge is 0.491 e. The molecule has 2 rings (SSSR count). The molecule has 0 saturated heterocycles. The van der Waals surface area contributed by atoms with Crippen molar-refractivity contribution in [3.8, 4) is 11.4 Å². The van der Waals surface area contributed by atoms with Gasteiger partial charge in [0.2, 0.25) is 0 Å². The van der Waals surface area contributed by atoms with E-state index in [1.807, 2.05) is 25.1 Å². The fraction of sp³-hybridized carbons (Fsp3) is 0.250. The van der Waals surface area contributed by atoms with E-state index >= 15 is 0 Å². The van der Waals surface area contributed by atoms with Gasteiger partial charge >= 0.3 is 0 Å². The van der Waals surface area contributed by atoms with Crippen LogP contribution in [0.5, 0.6) is 5.75 Å². The predicted octanol–water partition coefficient (Wildman–Crippen LogP) is 2.90. The van der Waals surface area contributed by atoms with Crippen molar-refractivity contribution < 1.29 is 4.74 Å². The topological polar surface area (TPSA) is 53.1 Å². The molecule has 0 saturated carbocycles. The van der Waals surface area contributed by atoms with E-state index in [-0.39, 0.29) is 0 Å². The average Bonchev–Trinajstić information content (AvgIpc) is 2.74. The van der Waals surface area contributed by atoms with Gasteiger partial charge < -0.3 is 10.5 Å². The number of nitrogen functional groups attached to an aromatic ring is 1. The number of hydrogen-bond donors (Lipinski definition) is 1. The number of anilines is 1. The number of ether oxygens (including phenoxy) is 1. The SMILES string of the molecule is CCCOc1cccc(-n2cc(Cl)cn2)c1N. The molecule has 90 valence electrons. The second kappa shape index (κ2) is 5.10. The van der Waals surface area contributed by atoms with Gasteiger partial charge in [-0.25, -0.2) is 4.68 Å². The third-order valence-corrected chi connectivity index (χ3v) is 2.50. The van der Waals surface area contributed by atoms with E-state index in [2.05, 4.69) is 5.10 Å². The van der Waals surface area contributed by atoms with Gasteiger partial charge in [-0.15, -0.1) is 0 Å². The number of benzene rings is 1. The number of nitrogens with two attached hydrogens (primary N) is 1. The standard InChI is InChI=1S/C12H14ClN3O/c1-2-6-17-11-5-3-4-10(12(11)14)16-8-9(13)7-15-16/h3-5,7-8H,2,6,14H2,1H3. The van der Waals surface area contributed by atoms with Crippen molar-refractivity contribution >= 4 is 17.3 Å². The number of para-hydroxylation sites is 1. The number of hydrogen-bond acceptors (Lipinski definition) is 3. The third kappa shape index (κ3) is 2.53. The summed E-state index contributed by atoms with van der Waals surface area (Å²) >= 11 is 5.83. The van der Waals surface area contributed by atoms with Crippen LogP contribution in [0.4, 0.5) is 5.69 Å². The number of halogens is 1. The van der Waals surface area contributed by atoms with Gasteiger partial charge in [-0.1, -0.05) is 24.6 Å². The first-order valence-electron chi connectivity index (χ1n) is 5.44. The van der Waals surface area contributed by atoms with Crippen molar-refractivity contribution in [3.05, 3.63) is 35.6 Å². The van der Waals surface area contributed by atoms with Crippen molar-refractivity contribution in [3.63, 3.8) is 0 Å². The quantitative estimate of drug-likeness (QED) is 0.850. The van der Waals surface area contributed by atoms with Gasteiger partial charge in [0.1, 0.15) is 11.4 Å². The van der Waals surface area contributed by atoms with Crippen LogP contribution in [0.2, 0.25) is 5.02 Å². The van der Waals surface area contributed by atoms with Crippen LogP contribution in [0.3, 0.4) is 0 Å². The van der Waals surface area contributed by atoms with Crippen LogP contribution in [0.25, 0.3) is 5.69 Å². The predicted molar refractivity (Wildman–Crippen MR) is 68.8 cm³/mol. The van der Waals surface area contributed by atoms with Crippen LogP contribution < -0.4 is 10.5 Å². The lowest BCUT2D eigenvalue weighted by Crippen LogP contribution is -2.04. The monoisotopic (exact) mass is 251 g/mol. The van der Waals surface area contributed by atoms with E-state index in [4.69, 9.17) is 22.1 Å². The first-order chi connectivity index (χ1) is 8.22. The summed E-state index contributed by atoms with van der Waals surface area (Å²) in [6.45, 7) is 2.70. The van der Waals surface area contributed by atoms with Gasteiger partial charge in [0.15, 0.2) is 0 Å². The molecule has 1 heterocycles. The van der Waals surface area contributed by atoms with Crippen molar-refractivity contribution in [2.24, 2.45) is 0 Å². The van der Waals surface area contributed by atoms with Crippen LogP contribution in [0.15, 0.2) is 30.6 Å². The zero-order chi connectivity index (χ0) is 12.3. The minimum Gasteiger partial charge on any atom is -0.491 e. The summed E-state index contributed by atoms with van der Waals surface area (Å²) in [5.74, 6) is 0.677. The smallest absolute Gasteiger partial charge is 0.144 e. The molecular weight excluding hydrogens is 238 g/mol. The molecule has 0 aliphatic carbocycles. The van der Waals surface area contributed by atoms with Gasteiger partial charge in [0.05, 0.1) is 23.5 Å². The van der Waals surface area contributed by atoms with Gasteiger partial charge in [0.25, 0.3) is 0 Å². The first-order valence-corrected chi connectivity index (χ1v) is 5.82. The Kier molecular flexibility index (Phi) is 3.54. The van der Waals surface area contributed by atoms with Gasteiger partial charge in [-0.2, -0.15) is 5.10 Å². The molecule has 0 spiro atoms. The number of nitrogens with zero attached hydrogens (tertiary/aromatic N) is 2. The zero-order valence-corrected chi connectivity index (χ0v) is 10.3. The van der Waals surface area contributed by atoms with Crippen molar-refractivity contribution in [2.45, 2.75) is 13.3 Å². The van der Waals surface area contributed by atoms with Gasteiger partial charge in [-0.05, 0) is 18.6 Å². The molecule has 2 aromatic rings. The molecule has 0 amide bonds. The maximum Gasteiger partial charge on any atom is 0.144 e. The molecule has 0 bridgehead atoms. The number of rotatable bonds is 4. The molecule has 0 aliphatic heterocycles. The first kappa shape index (κ1) is 11.8. The van der Waals surface area contributed by atoms with Crippen LogP contribution in [0, 0.1) is 0 Å². The Morgan fingerprint density at radius 3 is 2.94 bits per heavy atom. The molecule has 5 heteroatoms. The molecule has 0 atom stereocenters. The Hall–Kier alpha value is -1.68. The average molecular weight is 252 g/mol. The molecule has 0 fully saturated rings. The molecule has 0 radical (unpaired) electrons. The molecule has 1 aromatic heterocycles. The summed E-state index contributed by atoms with van der Waals surface area (Å²) in [6.07, 6.45) is 4.22. The Balaban J connectivity index is 2.35. The number of aromatic nitrogens is 2. The second-order valence-electron chi connectivity index (χ2n) is 3.64. The van der Waals surface area contributed by atoms with E-state index in [0.29, 0.717) is 23.1 Å². The summed E-state index contributed by atoms with van der Waals surface area (Å²) in [7, 11) is 0. The third-order valence-electron chi connectivity index (χ3n) is 2.30. The summed E-state index contributed by atoms with van der Waals surface area (Å²) in [4.78, 5) is 0. The summed E-state index contributed by atoms with van der Waals surface area (Å²) in [5.41, 5.74) is 7.38. The summed E-state index contributed by atoms with van der Waals surface area (Å²) < 4.78 is 7.19. The molecule has 1 aromatic carbocycles. The normalized spacial score (nSPS) is 10.5. The Labute approximate surface area is 105 Å². The zero-order valence-electron chi connectivity index (χ0n) is 9.56. The molecular formula is C12H14ClN3O. The van der Waals surface area contributed by atoms with E-state index < -0.39 is 0 Å². The van der Waals surface area contributed by atoms with E-state index in [1.165, 1.54) is 0 Å². The van der Waals surface area contributed by atoms with Gasteiger partial charge in [-0.3, -0.25) is 0 Å². The van der Waals surface area contributed by atoms with E-state index in [1.54, 1.807) is 17.1 Å².